The summed E-state index contributed by atoms with van der Waals surface area (Å²) >= 11 is 0. The summed E-state index contributed by atoms with van der Waals surface area (Å²) in [6.07, 6.45) is -2.44. The molecule has 0 spiro atoms. The first-order valence-corrected chi connectivity index (χ1v) is 11.9. The van der Waals surface area contributed by atoms with Crippen LogP contribution in [0.4, 0.5) is 18.4 Å². The van der Waals surface area contributed by atoms with E-state index < -0.39 is 46.6 Å². The van der Waals surface area contributed by atoms with Gasteiger partial charge in [0.25, 0.3) is 0 Å². The molecule has 192 valence electrons. The number of likely N-dealkylation sites (tertiary alicyclic amines) is 2. The van der Waals surface area contributed by atoms with Crippen molar-refractivity contribution in [3.05, 3.63) is 0 Å². The number of hydrogen-bond acceptors (Lipinski definition) is 5. The maximum atomic E-state index is 15.1. The summed E-state index contributed by atoms with van der Waals surface area (Å²) in [5.74, 6) is 0. The molecule has 0 aromatic heterocycles. The SMILES string of the molecule is CC(C)(C)OC(=O)N1CCC(C)(CNCC2(C)CCN(C(=O)OC(C)(C)C)CC2F)C(F)C1. The standard InChI is InChI=1S/C24H43F2N3O4/c1-21(2,3)32-19(30)28-11-9-23(7,17(25)13-28)15-27-16-24(8)10-12-29(14-18(24)26)20(31)33-22(4,5)6/h17-18,27H,9-16H2,1-8H3. The number of piperidine rings is 2. The van der Waals surface area contributed by atoms with E-state index in [0.717, 1.165) is 0 Å². The third kappa shape index (κ3) is 7.69. The van der Waals surface area contributed by atoms with Crippen LogP contribution < -0.4 is 5.32 Å². The maximum Gasteiger partial charge on any atom is 0.410 e. The molecule has 2 rings (SSSR count). The van der Waals surface area contributed by atoms with E-state index in [1.54, 1.807) is 41.5 Å². The van der Waals surface area contributed by atoms with Crippen molar-refractivity contribution >= 4 is 12.2 Å². The Bertz CT molecular complexity index is 651. The molecule has 2 fully saturated rings. The molecule has 4 unspecified atom stereocenters. The highest BCUT2D eigenvalue weighted by atomic mass is 19.1. The Kier molecular flexibility index (Phi) is 8.30. The lowest BCUT2D eigenvalue weighted by Gasteiger charge is -2.45. The highest BCUT2D eigenvalue weighted by Crippen LogP contribution is 2.36. The average Bonchev–Trinajstić information content (AvgIpc) is 2.63. The quantitative estimate of drug-likeness (QED) is 0.646. The third-order valence-corrected chi connectivity index (χ3v) is 6.54. The Morgan fingerprint density at radius 1 is 0.818 bits per heavy atom. The van der Waals surface area contributed by atoms with Crippen LogP contribution in [-0.4, -0.2) is 84.8 Å². The molecule has 2 heterocycles. The van der Waals surface area contributed by atoms with Crippen LogP contribution in [-0.2, 0) is 9.47 Å². The van der Waals surface area contributed by atoms with Crippen molar-refractivity contribution in [2.75, 3.05) is 39.3 Å². The molecule has 0 aliphatic carbocycles. The second-order valence-corrected chi connectivity index (χ2v) is 12.2. The van der Waals surface area contributed by atoms with Gasteiger partial charge in [-0.3, -0.25) is 0 Å². The molecule has 2 amide bonds. The first kappa shape index (κ1) is 27.6. The topological polar surface area (TPSA) is 71.1 Å². The number of hydrogen-bond donors (Lipinski definition) is 1. The van der Waals surface area contributed by atoms with E-state index in [1.807, 2.05) is 13.8 Å². The fraction of sp³-hybridized carbons (Fsp3) is 0.917. The lowest BCUT2D eigenvalue weighted by molar-refractivity contribution is -0.0219. The largest absolute Gasteiger partial charge is 0.444 e. The number of alkyl halides is 2. The van der Waals surface area contributed by atoms with Crippen LogP contribution in [0.1, 0.15) is 68.2 Å². The van der Waals surface area contributed by atoms with Crippen LogP contribution >= 0.6 is 0 Å². The van der Waals surface area contributed by atoms with Gasteiger partial charge in [-0.2, -0.15) is 0 Å². The molecule has 2 saturated heterocycles. The van der Waals surface area contributed by atoms with Gasteiger partial charge in [0, 0.05) is 37.0 Å². The minimum absolute atomic E-state index is 0.0130. The summed E-state index contributed by atoms with van der Waals surface area (Å²) in [5.41, 5.74) is -2.55. The number of carbonyl (C=O) groups is 2. The van der Waals surface area contributed by atoms with Crippen LogP contribution in [0.3, 0.4) is 0 Å². The predicted molar refractivity (Wildman–Crippen MR) is 124 cm³/mol. The summed E-state index contributed by atoms with van der Waals surface area (Å²) < 4.78 is 40.8. The first-order chi connectivity index (χ1) is 14.9. The highest BCUT2D eigenvalue weighted by molar-refractivity contribution is 5.68. The van der Waals surface area contributed by atoms with Crippen molar-refractivity contribution in [2.24, 2.45) is 10.8 Å². The Morgan fingerprint density at radius 2 is 1.15 bits per heavy atom. The molecule has 33 heavy (non-hydrogen) atoms. The molecule has 0 radical (unpaired) electrons. The summed E-state index contributed by atoms with van der Waals surface area (Å²) in [6, 6.07) is 0. The molecule has 7 nitrogen and oxygen atoms in total. The number of halogens is 2. The van der Waals surface area contributed by atoms with Crippen molar-refractivity contribution < 1.29 is 27.8 Å². The Hall–Kier alpha value is -1.64. The molecule has 0 aromatic carbocycles. The summed E-state index contributed by atoms with van der Waals surface area (Å²) in [6.45, 7) is 16.0. The number of amides is 2. The first-order valence-electron chi connectivity index (χ1n) is 11.9. The van der Waals surface area contributed by atoms with E-state index in [1.165, 1.54) is 9.80 Å². The van der Waals surface area contributed by atoms with Gasteiger partial charge in [0.1, 0.15) is 23.5 Å². The molecular weight excluding hydrogens is 432 g/mol. The number of nitrogens with one attached hydrogen (secondary N) is 1. The van der Waals surface area contributed by atoms with Crippen LogP contribution in [0.25, 0.3) is 0 Å². The Balaban J connectivity index is 1.84. The van der Waals surface area contributed by atoms with Crippen molar-refractivity contribution in [3.8, 4) is 0 Å². The van der Waals surface area contributed by atoms with E-state index >= 15 is 8.78 Å². The van der Waals surface area contributed by atoms with Gasteiger partial charge >= 0.3 is 12.2 Å². The molecule has 1 N–H and O–H groups in total. The Labute approximate surface area is 197 Å². The van der Waals surface area contributed by atoms with E-state index in [2.05, 4.69) is 5.32 Å². The minimum atomic E-state index is -1.21. The predicted octanol–water partition coefficient (Wildman–Crippen LogP) is 4.55. The Morgan fingerprint density at radius 3 is 1.42 bits per heavy atom. The summed E-state index contributed by atoms with van der Waals surface area (Å²) in [4.78, 5) is 27.4. The summed E-state index contributed by atoms with van der Waals surface area (Å²) in [5, 5.41) is 3.28. The second kappa shape index (κ2) is 9.92. The molecule has 0 aromatic rings. The molecule has 2 aliphatic rings. The van der Waals surface area contributed by atoms with Crippen molar-refractivity contribution in [3.63, 3.8) is 0 Å². The van der Waals surface area contributed by atoms with Gasteiger partial charge in [-0.05, 0) is 54.4 Å². The van der Waals surface area contributed by atoms with E-state index in [9.17, 15) is 9.59 Å². The minimum Gasteiger partial charge on any atom is -0.444 e. The molecule has 0 saturated carbocycles. The lowest BCUT2D eigenvalue weighted by Crippen LogP contribution is -2.57. The zero-order valence-corrected chi connectivity index (χ0v) is 21.6. The van der Waals surface area contributed by atoms with Gasteiger partial charge in [0.05, 0.1) is 13.1 Å². The summed E-state index contributed by atoms with van der Waals surface area (Å²) in [7, 11) is 0. The van der Waals surface area contributed by atoms with E-state index in [4.69, 9.17) is 9.47 Å². The van der Waals surface area contributed by atoms with Crippen LogP contribution in [0.5, 0.6) is 0 Å². The molecule has 9 heteroatoms. The van der Waals surface area contributed by atoms with Gasteiger partial charge in [-0.25, -0.2) is 18.4 Å². The molecule has 4 atom stereocenters. The number of carbonyl (C=O) groups excluding carboxylic acids is 2. The van der Waals surface area contributed by atoms with Crippen LogP contribution in [0.2, 0.25) is 0 Å². The van der Waals surface area contributed by atoms with Crippen molar-refractivity contribution in [2.45, 2.75) is 91.8 Å². The molecule has 0 bridgehead atoms. The van der Waals surface area contributed by atoms with Crippen LogP contribution in [0.15, 0.2) is 0 Å². The highest BCUT2D eigenvalue weighted by Gasteiger charge is 2.44. The second-order valence-electron chi connectivity index (χ2n) is 12.2. The van der Waals surface area contributed by atoms with Gasteiger partial charge < -0.3 is 24.6 Å². The number of ether oxygens (including phenoxy) is 2. The van der Waals surface area contributed by atoms with Gasteiger partial charge in [0.2, 0.25) is 0 Å². The molecular formula is C24H43F2N3O4. The fourth-order valence-electron chi connectivity index (χ4n) is 4.12. The third-order valence-electron chi connectivity index (χ3n) is 6.54. The van der Waals surface area contributed by atoms with Crippen molar-refractivity contribution in [1.29, 1.82) is 0 Å². The lowest BCUT2D eigenvalue weighted by atomic mass is 9.76. The van der Waals surface area contributed by atoms with Gasteiger partial charge in [-0.1, -0.05) is 13.8 Å². The number of rotatable bonds is 4. The smallest absolute Gasteiger partial charge is 0.410 e. The van der Waals surface area contributed by atoms with Gasteiger partial charge in [0.15, 0.2) is 0 Å². The fourth-order valence-corrected chi connectivity index (χ4v) is 4.12. The zero-order chi connectivity index (χ0) is 25.2. The zero-order valence-electron chi connectivity index (χ0n) is 21.6. The monoisotopic (exact) mass is 475 g/mol. The maximum absolute atomic E-state index is 15.1. The van der Waals surface area contributed by atoms with E-state index in [-0.39, 0.29) is 13.1 Å². The van der Waals surface area contributed by atoms with Crippen molar-refractivity contribution in [1.82, 2.24) is 15.1 Å². The average molecular weight is 476 g/mol. The number of nitrogens with zero attached hydrogens (tertiary/aromatic N) is 2. The molecule has 2 aliphatic heterocycles. The van der Waals surface area contributed by atoms with E-state index in [0.29, 0.717) is 39.0 Å². The van der Waals surface area contributed by atoms with Gasteiger partial charge in [-0.15, -0.1) is 0 Å². The normalized spacial score (nSPS) is 31.3. The van der Waals surface area contributed by atoms with Crippen LogP contribution in [0, 0.1) is 10.8 Å².